The number of thiol groups is 1. The number of esters is 2. The summed E-state index contributed by atoms with van der Waals surface area (Å²) in [7, 11) is 0. The van der Waals surface area contributed by atoms with Crippen LogP contribution in [0, 0.1) is 0 Å². The summed E-state index contributed by atoms with van der Waals surface area (Å²) in [5, 5.41) is 0. The first-order valence-corrected chi connectivity index (χ1v) is 3.80. The lowest BCUT2D eigenvalue weighted by Crippen LogP contribution is -2.33. The monoisotopic (exact) mass is 177 g/mol. The van der Waals surface area contributed by atoms with Gasteiger partial charge in [-0.3, -0.25) is 4.79 Å². The van der Waals surface area contributed by atoms with Gasteiger partial charge in [0.2, 0.25) is 0 Å². The molecule has 0 unspecified atom stereocenters. The number of nitrogens with two attached hydrogens (primary N) is 1. The third-order valence-corrected chi connectivity index (χ3v) is 1.25. The third kappa shape index (κ3) is 4.80. The van der Waals surface area contributed by atoms with Crippen molar-refractivity contribution in [3.63, 3.8) is 0 Å². The summed E-state index contributed by atoms with van der Waals surface area (Å²) in [6.45, 7) is 1.16. The van der Waals surface area contributed by atoms with Crippen molar-refractivity contribution in [3.8, 4) is 0 Å². The molecule has 0 radical (unpaired) electrons. The molecule has 1 atom stereocenters. The molecule has 11 heavy (non-hydrogen) atoms. The predicted molar refractivity (Wildman–Crippen MR) is 43.2 cm³/mol. The summed E-state index contributed by atoms with van der Waals surface area (Å²) < 4.78 is 4.23. The fourth-order valence-corrected chi connectivity index (χ4v) is 0.752. The average molecular weight is 177 g/mol. The van der Waals surface area contributed by atoms with Crippen LogP contribution in [0.25, 0.3) is 0 Å². The zero-order valence-corrected chi connectivity index (χ0v) is 7.14. The molecule has 0 aliphatic heterocycles. The Morgan fingerprint density at radius 2 is 2.18 bits per heavy atom. The van der Waals surface area contributed by atoms with Gasteiger partial charge in [0, 0.05) is 6.92 Å². The highest BCUT2D eigenvalue weighted by molar-refractivity contribution is 7.80. The number of carbonyl (C=O) groups is 2. The minimum Gasteiger partial charge on any atom is -0.392 e. The van der Waals surface area contributed by atoms with E-state index in [2.05, 4.69) is 17.4 Å². The van der Waals surface area contributed by atoms with Crippen LogP contribution in [0.4, 0.5) is 0 Å². The molecule has 0 aromatic carbocycles. The van der Waals surface area contributed by atoms with Crippen LogP contribution < -0.4 is 5.73 Å². The van der Waals surface area contributed by atoms with Crippen LogP contribution in [-0.4, -0.2) is 23.7 Å². The van der Waals surface area contributed by atoms with Crippen LogP contribution in [0.15, 0.2) is 0 Å². The van der Waals surface area contributed by atoms with Crippen LogP contribution in [0.1, 0.15) is 13.3 Å². The average Bonchev–Trinajstić information content (AvgIpc) is 1.86. The zero-order chi connectivity index (χ0) is 8.85. The Morgan fingerprint density at radius 3 is 2.55 bits per heavy atom. The van der Waals surface area contributed by atoms with Gasteiger partial charge < -0.3 is 10.5 Å². The quantitative estimate of drug-likeness (QED) is 0.353. The molecule has 0 amide bonds. The standard InChI is InChI=1S/C6H11NO3S/c1-4(8)10-6(9)5(7)2-3-11/h5,11H,2-3,7H2,1H3/t5-/m1/s1. The first kappa shape index (κ1) is 10.4. The summed E-state index contributed by atoms with van der Waals surface area (Å²) in [5.41, 5.74) is 5.30. The molecule has 0 aromatic rings. The van der Waals surface area contributed by atoms with Gasteiger partial charge in [-0.1, -0.05) is 0 Å². The Bertz CT molecular complexity index is 160. The molecule has 0 saturated carbocycles. The molecule has 0 fully saturated rings. The van der Waals surface area contributed by atoms with E-state index in [1.807, 2.05) is 0 Å². The van der Waals surface area contributed by atoms with E-state index in [1.165, 1.54) is 0 Å². The molecule has 0 aromatic heterocycles. The molecule has 0 bridgehead atoms. The topological polar surface area (TPSA) is 69.4 Å². The summed E-state index contributed by atoms with van der Waals surface area (Å²) >= 11 is 3.87. The van der Waals surface area contributed by atoms with Crippen LogP contribution in [0.2, 0.25) is 0 Å². The van der Waals surface area contributed by atoms with Crippen molar-refractivity contribution in [1.82, 2.24) is 0 Å². The highest BCUT2D eigenvalue weighted by Crippen LogP contribution is 1.94. The highest BCUT2D eigenvalue weighted by Gasteiger charge is 2.15. The Hall–Kier alpha value is -0.550. The number of hydrogen-bond donors (Lipinski definition) is 2. The van der Waals surface area contributed by atoms with Gasteiger partial charge >= 0.3 is 11.9 Å². The van der Waals surface area contributed by atoms with Crippen molar-refractivity contribution in [3.05, 3.63) is 0 Å². The van der Waals surface area contributed by atoms with E-state index in [9.17, 15) is 9.59 Å². The molecule has 0 spiro atoms. The second kappa shape index (κ2) is 5.15. The Balaban J connectivity index is 3.73. The van der Waals surface area contributed by atoms with Gasteiger partial charge in [0.15, 0.2) is 0 Å². The van der Waals surface area contributed by atoms with Crippen molar-refractivity contribution in [2.45, 2.75) is 19.4 Å². The highest BCUT2D eigenvalue weighted by atomic mass is 32.1. The molecule has 0 saturated heterocycles. The van der Waals surface area contributed by atoms with Gasteiger partial charge in [-0.15, -0.1) is 0 Å². The molecular weight excluding hydrogens is 166 g/mol. The van der Waals surface area contributed by atoms with E-state index < -0.39 is 18.0 Å². The maximum atomic E-state index is 10.7. The summed E-state index contributed by atoms with van der Waals surface area (Å²) in [6.07, 6.45) is 0.412. The first-order valence-electron chi connectivity index (χ1n) is 3.16. The van der Waals surface area contributed by atoms with E-state index in [-0.39, 0.29) is 0 Å². The van der Waals surface area contributed by atoms with Crippen LogP contribution >= 0.6 is 12.6 Å². The van der Waals surface area contributed by atoms with E-state index in [0.717, 1.165) is 6.92 Å². The van der Waals surface area contributed by atoms with Crippen LogP contribution in [0.3, 0.4) is 0 Å². The van der Waals surface area contributed by atoms with Gasteiger partial charge in [0.1, 0.15) is 6.04 Å². The summed E-state index contributed by atoms with van der Waals surface area (Å²) in [6, 6.07) is -0.739. The molecule has 0 aliphatic carbocycles. The van der Waals surface area contributed by atoms with Crippen molar-refractivity contribution in [2.24, 2.45) is 5.73 Å². The van der Waals surface area contributed by atoms with Crippen molar-refractivity contribution < 1.29 is 14.3 Å². The second-order valence-corrected chi connectivity index (χ2v) is 2.48. The second-order valence-electron chi connectivity index (χ2n) is 2.03. The van der Waals surface area contributed by atoms with Gasteiger partial charge in [-0.05, 0) is 12.2 Å². The summed E-state index contributed by atoms with van der Waals surface area (Å²) in [4.78, 5) is 21.0. The minimum absolute atomic E-state index is 0.412. The Morgan fingerprint density at radius 1 is 1.64 bits per heavy atom. The fraction of sp³-hybridized carbons (Fsp3) is 0.667. The maximum absolute atomic E-state index is 10.7. The molecule has 2 N–H and O–H groups in total. The maximum Gasteiger partial charge on any atom is 0.330 e. The minimum atomic E-state index is -0.739. The summed E-state index contributed by atoms with van der Waals surface area (Å²) in [5.74, 6) is -0.829. The van der Waals surface area contributed by atoms with Crippen molar-refractivity contribution in [2.75, 3.05) is 5.75 Å². The van der Waals surface area contributed by atoms with Gasteiger partial charge in [0.05, 0.1) is 0 Å². The smallest absolute Gasteiger partial charge is 0.330 e. The van der Waals surface area contributed by atoms with Gasteiger partial charge in [0.25, 0.3) is 0 Å². The Labute approximate surface area is 70.5 Å². The molecule has 5 heteroatoms. The van der Waals surface area contributed by atoms with Gasteiger partial charge in [-0.2, -0.15) is 12.6 Å². The SMILES string of the molecule is CC(=O)OC(=O)[C@H](N)CCS. The molecule has 0 rings (SSSR count). The molecule has 64 valence electrons. The lowest BCUT2D eigenvalue weighted by molar-refractivity contribution is -0.159. The predicted octanol–water partition coefficient (Wildman–Crippen LogP) is -0.277. The molecule has 4 nitrogen and oxygen atoms in total. The molecule has 0 aliphatic rings. The van der Waals surface area contributed by atoms with E-state index in [4.69, 9.17) is 5.73 Å². The normalized spacial score (nSPS) is 12.3. The van der Waals surface area contributed by atoms with E-state index in [0.29, 0.717) is 12.2 Å². The zero-order valence-electron chi connectivity index (χ0n) is 6.24. The van der Waals surface area contributed by atoms with E-state index >= 15 is 0 Å². The first-order chi connectivity index (χ1) is 5.07. The number of carbonyl (C=O) groups excluding carboxylic acids is 2. The van der Waals surface area contributed by atoms with Gasteiger partial charge in [-0.25, -0.2) is 4.79 Å². The Kier molecular flexibility index (Phi) is 4.89. The van der Waals surface area contributed by atoms with Crippen molar-refractivity contribution in [1.29, 1.82) is 0 Å². The largest absolute Gasteiger partial charge is 0.392 e. The van der Waals surface area contributed by atoms with Crippen LogP contribution in [0.5, 0.6) is 0 Å². The number of rotatable bonds is 3. The lowest BCUT2D eigenvalue weighted by atomic mass is 10.2. The molecular formula is C6H11NO3S. The fourth-order valence-electron chi connectivity index (χ4n) is 0.474. The number of hydrogen-bond acceptors (Lipinski definition) is 5. The molecule has 0 heterocycles. The van der Waals surface area contributed by atoms with Crippen LogP contribution in [-0.2, 0) is 14.3 Å². The van der Waals surface area contributed by atoms with E-state index in [1.54, 1.807) is 0 Å². The number of ether oxygens (including phenoxy) is 1. The van der Waals surface area contributed by atoms with Crippen molar-refractivity contribution >= 4 is 24.6 Å². The third-order valence-electron chi connectivity index (χ3n) is 0.987. The lowest BCUT2D eigenvalue weighted by Gasteiger charge is -2.06.